The molecule has 0 saturated heterocycles. The minimum Gasteiger partial charge on any atom is -0.493 e. The van der Waals surface area contributed by atoms with Gasteiger partial charge in [-0.1, -0.05) is 11.3 Å². The van der Waals surface area contributed by atoms with Crippen LogP contribution in [0.4, 0.5) is 16.8 Å². The Balaban J connectivity index is 1.85. The molecule has 3 aromatic rings. The fourth-order valence-electron chi connectivity index (χ4n) is 2.80. The topological polar surface area (TPSA) is 99.7 Å². The van der Waals surface area contributed by atoms with Crippen molar-refractivity contribution in [2.24, 2.45) is 0 Å². The van der Waals surface area contributed by atoms with Crippen LogP contribution in [0.1, 0.15) is 5.69 Å². The maximum atomic E-state index is 5.40. The van der Waals surface area contributed by atoms with E-state index in [0.717, 1.165) is 21.4 Å². The Labute approximate surface area is 179 Å². The summed E-state index contributed by atoms with van der Waals surface area (Å²) < 4.78 is 21.2. The zero-order valence-electron chi connectivity index (χ0n) is 17.6. The summed E-state index contributed by atoms with van der Waals surface area (Å²) in [5.74, 6) is 2.05. The molecular weight excluding hydrogens is 406 g/mol. The maximum Gasteiger partial charge on any atom is 0.227 e. The standard InChI is InChI=1S/C20H25N5O4S/c1-12-18(30-20(23-12)22-8-9-26-2)14-6-7-21-19(25-14)24-13-10-15(27-3)17(29-5)16(11-13)28-4/h6-7,10-11H,8-9H2,1-5H3,(H,22,23)(H,21,24,25). The van der Waals surface area contributed by atoms with Crippen LogP contribution in [0.25, 0.3) is 10.6 Å². The molecule has 0 aliphatic rings. The Hall–Kier alpha value is -3.11. The molecule has 2 N–H and O–H groups in total. The summed E-state index contributed by atoms with van der Waals surface area (Å²) in [5, 5.41) is 7.28. The molecule has 160 valence electrons. The van der Waals surface area contributed by atoms with Gasteiger partial charge in [0.1, 0.15) is 0 Å². The van der Waals surface area contributed by atoms with E-state index < -0.39 is 0 Å². The number of aromatic nitrogens is 3. The molecule has 0 saturated carbocycles. The van der Waals surface area contributed by atoms with Crippen LogP contribution in [0, 0.1) is 6.92 Å². The molecule has 30 heavy (non-hydrogen) atoms. The SMILES string of the molecule is COCCNc1nc(C)c(-c2ccnc(Nc3cc(OC)c(OC)c(OC)c3)n2)s1. The van der Waals surface area contributed by atoms with E-state index in [1.54, 1.807) is 58.1 Å². The third-order valence-electron chi connectivity index (χ3n) is 4.19. The average molecular weight is 432 g/mol. The highest BCUT2D eigenvalue weighted by Gasteiger charge is 2.15. The predicted octanol–water partition coefficient (Wildman–Crippen LogP) is 3.74. The number of hydrogen-bond acceptors (Lipinski definition) is 10. The Kier molecular flexibility index (Phi) is 7.26. The van der Waals surface area contributed by atoms with E-state index in [-0.39, 0.29) is 0 Å². The van der Waals surface area contributed by atoms with Crippen molar-refractivity contribution in [3.63, 3.8) is 0 Å². The average Bonchev–Trinajstić information content (AvgIpc) is 3.13. The molecule has 0 radical (unpaired) electrons. The van der Waals surface area contributed by atoms with E-state index >= 15 is 0 Å². The number of benzene rings is 1. The Morgan fingerprint density at radius 2 is 1.73 bits per heavy atom. The molecular formula is C20H25N5O4S. The number of thiazole rings is 1. The number of hydrogen-bond donors (Lipinski definition) is 2. The zero-order valence-corrected chi connectivity index (χ0v) is 18.4. The van der Waals surface area contributed by atoms with E-state index in [4.69, 9.17) is 18.9 Å². The number of nitrogens with zero attached hydrogens (tertiary/aromatic N) is 3. The molecule has 0 fully saturated rings. The van der Waals surface area contributed by atoms with Crippen LogP contribution in [0.3, 0.4) is 0 Å². The number of ether oxygens (including phenoxy) is 4. The molecule has 9 nitrogen and oxygen atoms in total. The van der Waals surface area contributed by atoms with Crippen LogP contribution in [-0.2, 0) is 4.74 Å². The van der Waals surface area contributed by atoms with Gasteiger partial charge in [0.15, 0.2) is 16.6 Å². The lowest BCUT2D eigenvalue weighted by molar-refractivity contribution is 0.211. The molecule has 3 rings (SSSR count). The van der Waals surface area contributed by atoms with Crippen molar-refractivity contribution in [1.82, 2.24) is 15.0 Å². The molecule has 0 aliphatic carbocycles. The normalized spacial score (nSPS) is 10.6. The minimum atomic E-state index is 0.448. The van der Waals surface area contributed by atoms with Gasteiger partial charge in [-0.05, 0) is 13.0 Å². The Morgan fingerprint density at radius 3 is 2.37 bits per heavy atom. The molecule has 1 aromatic carbocycles. The summed E-state index contributed by atoms with van der Waals surface area (Å²) in [6.07, 6.45) is 1.71. The minimum absolute atomic E-state index is 0.448. The van der Waals surface area contributed by atoms with Crippen LogP contribution >= 0.6 is 11.3 Å². The van der Waals surface area contributed by atoms with Crippen LogP contribution in [0.5, 0.6) is 17.2 Å². The fraction of sp³-hybridized carbons (Fsp3) is 0.350. The van der Waals surface area contributed by atoms with E-state index in [1.807, 2.05) is 13.0 Å². The van der Waals surface area contributed by atoms with E-state index in [9.17, 15) is 0 Å². The highest BCUT2D eigenvalue weighted by Crippen LogP contribution is 2.40. The zero-order chi connectivity index (χ0) is 21.5. The van der Waals surface area contributed by atoms with Crippen LogP contribution in [-0.4, -0.2) is 56.5 Å². The van der Waals surface area contributed by atoms with Crippen molar-refractivity contribution < 1.29 is 18.9 Å². The first-order valence-corrected chi connectivity index (χ1v) is 10.0. The second-order valence-electron chi connectivity index (χ2n) is 6.16. The van der Waals surface area contributed by atoms with Crippen molar-refractivity contribution >= 4 is 28.1 Å². The van der Waals surface area contributed by atoms with Gasteiger partial charge in [0.25, 0.3) is 0 Å². The van der Waals surface area contributed by atoms with E-state index in [0.29, 0.717) is 42.0 Å². The van der Waals surface area contributed by atoms with Gasteiger partial charge in [0.2, 0.25) is 11.7 Å². The van der Waals surface area contributed by atoms with Crippen molar-refractivity contribution in [1.29, 1.82) is 0 Å². The van der Waals surface area contributed by atoms with E-state index in [2.05, 4.69) is 25.6 Å². The van der Waals surface area contributed by atoms with Crippen molar-refractivity contribution in [3.8, 4) is 27.8 Å². The summed E-state index contributed by atoms with van der Waals surface area (Å²) in [4.78, 5) is 14.5. The molecule has 0 bridgehead atoms. The smallest absolute Gasteiger partial charge is 0.227 e. The van der Waals surface area contributed by atoms with Gasteiger partial charge < -0.3 is 29.6 Å². The van der Waals surface area contributed by atoms with Gasteiger partial charge >= 0.3 is 0 Å². The molecule has 2 aromatic heterocycles. The van der Waals surface area contributed by atoms with Gasteiger partial charge in [-0.3, -0.25) is 0 Å². The second kappa shape index (κ2) is 10.1. The highest BCUT2D eigenvalue weighted by molar-refractivity contribution is 7.19. The number of nitrogens with one attached hydrogen (secondary N) is 2. The first kappa shape index (κ1) is 21.6. The summed E-state index contributed by atoms with van der Waals surface area (Å²) in [7, 11) is 6.38. The van der Waals surface area contributed by atoms with Crippen LogP contribution in [0.15, 0.2) is 24.4 Å². The maximum absolute atomic E-state index is 5.40. The lowest BCUT2D eigenvalue weighted by Crippen LogP contribution is -2.06. The fourth-order valence-corrected chi connectivity index (χ4v) is 3.76. The lowest BCUT2D eigenvalue weighted by Gasteiger charge is -2.14. The van der Waals surface area contributed by atoms with Crippen molar-refractivity contribution in [2.45, 2.75) is 6.92 Å². The van der Waals surface area contributed by atoms with Gasteiger partial charge in [-0.2, -0.15) is 0 Å². The molecule has 0 amide bonds. The van der Waals surface area contributed by atoms with E-state index in [1.165, 1.54) is 0 Å². The Bertz CT molecular complexity index is 970. The summed E-state index contributed by atoms with van der Waals surface area (Å²) in [5.41, 5.74) is 2.40. The Morgan fingerprint density at radius 1 is 1.00 bits per heavy atom. The van der Waals surface area contributed by atoms with Gasteiger partial charge in [-0.25, -0.2) is 15.0 Å². The highest BCUT2D eigenvalue weighted by atomic mass is 32.1. The first-order valence-electron chi connectivity index (χ1n) is 9.20. The third kappa shape index (κ3) is 4.89. The molecule has 0 aliphatic heterocycles. The molecule has 0 spiro atoms. The van der Waals surface area contributed by atoms with Gasteiger partial charge in [-0.15, -0.1) is 0 Å². The molecule has 0 atom stereocenters. The number of aryl methyl sites for hydroxylation is 1. The summed E-state index contributed by atoms with van der Waals surface area (Å²) >= 11 is 1.54. The molecule has 10 heteroatoms. The van der Waals surface area contributed by atoms with Gasteiger partial charge in [0.05, 0.1) is 44.2 Å². The number of methoxy groups -OCH3 is 4. The molecule has 2 heterocycles. The third-order valence-corrected chi connectivity index (χ3v) is 5.33. The van der Waals surface area contributed by atoms with Gasteiger partial charge in [0, 0.05) is 37.7 Å². The lowest BCUT2D eigenvalue weighted by atomic mass is 10.2. The van der Waals surface area contributed by atoms with Crippen molar-refractivity contribution in [2.75, 3.05) is 52.2 Å². The largest absolute Gasteiger partial charge is 0.493 e. The molecule has 0 unspecified atom stereocenters. The van der Waals surface area contributed by atoms with Crippen molar-refractivity contribution in [3.05, 3.63) is 30.1 Å². The predicted molar refractivity (Wildman–Crippen MR) is 118 cm³/mol. The second-order valence-corrected chi connectivity index (χ2v) is 7.16. The van der Waals surface area contributed by atoms with Crippen LogP contribution in [0.2, 0.25) is 0 Å². The number of anilines is 3. The van der Waals surface area contributed by atoms with Crippen LogP contribution < -0.4 is 24.8 Å². The monoisotopic (exact) mass is 431 g/mol. The number of rotatable bonds is 10. The summed E-state index contributed by atoms with van der Waals surface area (Å²) in [6.45, 7) is 3.27. The summed E-state index contributed by atoms with van der Waals surface area (Å²) in [6, 6.07) is 5.46. The first-order chi connectivity index (χ1) is 14.6. The quantitative estimate of drug-likeness (QED) is 0.465.